The van der Waals surface area contributed by atoms with Crippen molar-refractivity contribution in [1.29, 1.82) is 0 Å². The first-order valence-corrected chi connectivity index (χ1v) is 10.3. The third kappa shape index (κ3) is 4.39. The summed E-state index contributed by atoms with van der Waals surface area (Å²) in [4.78, 5) is 8.86. The first-order chi connectivity index (χ1) is 14.7. The van der Waals surface area contributed by atoms with Crippen LogP contribution in [0, 0.1) is 12.7 Å². The normalized spacial score (nSPS) is 14.6. The quantitative estimate of drug-likeness (QED) is 0.504. The molecule has 0 amide bonds. The van der Waals surface area contributed by atoms with Crippen molar-refractivity contribution in [3.8, 4) is 0 Å². The molecule has 0 radical (unpaired) electrons. The van der Waals surface area contributed by atoms with E-state index in [2.05, 4.69) is 40.3 Å². The van der Waals surface area contributed by atoms with Gasteiger partial charge in [0.05, 0.1) is 17.6 Å². The maximum Gasteiger partial charge on any atom is 0.126 e. The minimum atomic E-state index is -0.186. The van der Waals surface area contributed by atoms with E-state index in [0.717, 1.165) is 51.7 Å². The van der Waals surface area contributed by atoms with Crippen molar-refractivity contribution in [1.82, 2.24) is 9.97 Å². The van der Waals surface area contributed by atoms with Gasteiger partial charge < -0.3 is 4.74 Å². The zero-order valence-electron chi connectivity index (χ0n) is 17.4. The molecule has 152 valence electrons. The van der Waals surface area contributed by atoms with E-state index in [0.29, 0.717) is 18.8 Å². The molecule has 0 saturated carbocycles. The highest BCUT2D eigenvalue weighted by atomic mass is 19.1. The Hall–Kier alpha value is -3.11. The van der Waals surface area contributed by atoms with Gasteiger partial charge in [-0.15, -0.1) is 0 Å². The van der Waals surface area contributed by atoms with Gasteiger partial charge >= 0.3 is 0 Å². The summed E-state index contributed by atoms with van der Waals surface area (Å²) in [5, 5.41) is 0. The largest absolute Gasteiger partial charge is 0.377 e. The Morgan fingerprint density at radius 3 is 2.43 bits per heavy atom. The maximum absolute atomic E-state index is 13.9. The third-order valence-electron chi connectivity index (χ3n) is 5.26. The molecule has 0 fully saturated rings. The van der Waals surface area contributed by atoms with E-state index in [1.165, 1.54) is 0 Å². The molecule has 4 heteroatoms. The Morgan fingerprint density at radius 1 is 0.900 bits per heavy atom. The van der Waals surface area contributed by atoms with Crippen molar-refractivity contribution in [2.24, 2.45) is 0 Å². The summed E-state index contributed by atoms with van der Waals surface area (Å²) in [6.07, 6.45) is 11.9. The predicted octanol–water partition coefficient (Wildman–Crippen LogP) is 6.30. The molecule has 1 heterocycles. The molecule has 4 rings (SSSR count). The van der Waals surface area contributed by atoms with Gasteiger partial charge in [0.1, 0.15) is 5.82 Å². The van der Waals surface area contributed by atoms with E-state index < -0.39 is 0 Å². The number of benzene rings is 2. The molecule has 0 unspecified atom stereocenters. The molecular formula is C26H25FN2O. The monoisotopic (exact) mass is 400 g/mol. The van der Waals surface area contributed by atoms with Crippen LogP contribution in [0.25, 0.3) is 22.2 Å². The number of rotatable bonds is 5. The Morgan fingerprint density at radius 2 is 1.63 bits per heavy atom. The summed E-state index contributed by atoms with van der Waals surface area (Å²) in [6, 6.07) is 11.5. The number of hydrogen-bond acceptors (Lipinski definition) is 3. The van der Waals surface area contributed by atoms with Crippen LogP contribution in [0.1, 0.15) is 36.5 Å². The lowest BCUT2D eigenvalue weighted by Crippen LogP contribution is -2.01. The Balaban J connectivity index is 1.87. The molecule has 0 spiro atoms. The Kier molecular flexibility index (Phi) is 6.15. The fourth-order valence-electron chi connectivity index (χ4n) is 3.70. The van der Waals surface area contributed by atoms with E-state index in [-0.39, 0.29) is 5.82 Å². The molecule has 0 bridgehead atoms. The topological polar surface area (TPSA) is 35.0 Å². The first-order valence-electron chi connectivity index (χ1n) is 10.3. The summed E-state index contributed by atoms with van der Waals surface area (Å²) < 4.78 is 19.6. The van der Waals surface area contributed by atoms with Crippen LogP contribution < -0.4 is 0 Å². The molecule has 1 aliphatic rings. The molecule has 1 aromatic heterocycles. The van der Waals surface area contributed by atoms with E-state index in [1.807, 2.05) is 25.1 Å². The number of nitrogens with zero attached hydrogens (tertiary/aromatic N) is 2. The lowest BCUT2D eigenvalue weighted by Gasteiger charge is -2.18. The first kappa shape index (κ1) is 20.2. The van der Waals surface area contributed by atoms with Crippen molar-refractivity contribution in [3.05, 3.63) is 95.1 Å². The molecule has 0 atom stereocenters. The van der Waals surface area contributed by atoms with E-state index in [1.54, 1.807) is 25.4 Å². The van der Waals surface area contributed by atoms with Crippen LogP contribution in [0.15, 0.2) is 72.6 Å². The minimum Gasteiger partial charge on any atom is -0.377 e. The zero-order chi connectivity index (χ0) is 20.9. The van der Waals surface area contributed by atoms with Crippen molar-refractivity contribution in [2.75, 3.05) is 13.2 Å². The molecular weight excluding hydrogens is 375 g/mol. The summed E-state index contributed by atoms with van der Waals surface area (Å²) in [5.74, 6) is -0.186. The van der Waals surface area contributed by atoms with Crippen molar-refractivity contribution < 1.29 is 9.13 Å². The van der Waals surface area contributed by atoms with Gasteiger partial charge in [0.25, 0.3) is 0 Å². The second kappa shape index (κ2) is 9.14. The van der Waals surface area contributed by atoms with Gasteiger partial charge in [-0.3, -0.25) is 9.97 Å². The van der Waals surface area contributed by atoms with Crippen LogP contribution in [0.4, 0.5) is 4.39 Å². The Labute approximate surface area is 176 Å². The van der Waals surface area contributed by atoms with Gasteiger partial charge in [0.15, 0.2) is 0 Å². The number of aryl methyl sites for hydroxylation is 1. The second-order valence-electron chi connectivity index (χ2n) is 7.39. The summed E-state index contributed by atoms with van der Waals surface area (Å²) in [7, 11) is 0. The number of halogens is 1. The number of aromatic nitrogens is 2. The van der Waals surface area contributed by atoms with Gasteiger partial charge in [-0.05, 0) is 90.4 Å². The highest BCUT2D eigenvalue weighted by molar-refractivity contribution is 6.06. The fraction of sp³-hybridized carbons (Fsp3) is 0.231. The van der Waals surface area contributed by atoms with E-state index in [4.69, 9.17) is 4.74 Å². The van der Waals surface area contributed by atoms with Crippen LogP contribution in [0.2, 0.25) is 0 Å². The van der Waals surface area contributed by atoms with Gasteiger partial charge in [-0.25, -0.2) is 4.39 Å². The van der Waals surface area contributed by atoms with Crippen LogP contribution in [0.5, 0.6) is 0 Å². The lowest BCUT2D eigenvalue weighted by atomic mass is 9.87. The smallest absolute Gasteiger partial charge is 0.126 e. The van der Waals surface area contributed by atoms with Crippen LogP contribution >= 0.6 is 0 Å². The number of hydrogen-bond donors (Lipinski definition) is 0. The number of ether oxygens (including phenoxy) is 1. The molecule has 0 N–H and O–H groups in total. The van der Waals surface area contributed by atoms with Gasteiger partial charge in [0.2, 0.25) is 0 Å². The molecule has 1 aliphatic carbocycles. The standard InChI is InChI=1S/C26H25FN2O/c1-3-30-17-19-6-4-5-7-22(20-8-10-24(27)18(2)14-20)23(15-19)21-9-11-25-26(16-21)29-13-12-28-25/h6-16H,3-5,17H2,1-2H3. The van der Waals surface area contributed by atoms with Crippen LogP contribution in [-0.4, -0.2) is 23.2 Å². The van der Waals surface area contributed by atoms with Crippen molar-refractivity contribution in [2.45, 2.75) is 26.7 Å². The number of allylic oxidation sites excluding steroid dienone is 4. The average molecular weight is 400 g/mol. The fourth-order valence-corrected chi connectivity index (χ4v) is 3.70. The number of fused-ring (bicyclic) bond motifs is 1. The summed E-state index contributed by atoms with van der Waals surface area (Å²) >= 11 is 0. The van der Waals surface area contributed by atoms with E-state index >= 15 is 0 Å². The van der Waals surface area contributed by atoms with Gasteiger partial charge in [-0.1, -0.05) is 24.3 Å². The lowest BCUT2D eigenvalue weighted by molar-refractivity contribution is 0.172. The zero-order valence-corrected chi connectivity index (χ0v) is 17.4. The molecule has 2 aromatic carbocycles. The average Bonchev–Trinajstić information content (AvgIpc) is 2.75. The van der Waals surface area contributed by atoms with Gasteiger partial charge in [0, 0.05) is 19.0 Å². The molecule has 30 heavy (non-hydrogen) atoms. The van der Waals surface area contributed by atoms with Crippen molar-refractivity contribution in [3.63, 3.8) is 0 Å². The third-order valence-corrected chi connectivity index (χ3v) is 5.26. The second-order valence-corrected chi connectivity index (χ2v) is 7.39. The maximum atomic E-state index is 13.9. The minimum absolute atomic E-state index is 0.186. The summed E-state index contributed by atoms with van der Waals surface area (Å²) in [5.41, 5.74) is 7.75. The van der Waals surface area contributed by atoms with E-state index in [9.17, 15) is 4.39 Å². The van der Waals surface area contributed by atoms with Crippen molar-refractivity contribution >= 4 is 22.2 Å². The van der Waals surface area contributed by atoms with Crippen LogP contribution in [0.3, 0.4) is 0 Å². The predicted molar refractivity (Wildman–Crippen MR) is 120 cm³/mol. The van der Waals surface area contributed by atoms with Gasteiger partial charge in [-0.2, -0.15) is 0 Å². The SMILES string of the molecule is CCOCC1=CCCC=C(c2ccc(F)c(C)c2)C(c2ccc3nccnc3c2)=C1. The Bertz CT molecular complexity index is 1160. The molecule has 0 aliphatic heterocycles. The summed E-state index contributed by atoms with van der Waals surface area (Å²) in [6.45, 7) is 5.05. The molecule has 3 nitrogen and oxygen atoms in total. The molecule has 0 saturated heterocycles. The molecule has 3 aromatic rings. The van der Waals surface area contributed by atoms with Crippen LogP contribution in [-0.2, 0) is 4.74 Å². The highest BCUT2D eigenvalue weighted by Crippen LogP contribution is 2.36. The highest BCUT2D eigenvalue weighted by Gasteiger charge is 2.15.